The molecular weight excluding hydrogens is 312 g/mol. The highest BCUT2D eigenvalue weighted by molar-refractivity contribution is 5.79. The van der Waals surface area contributed by atoms with Gasteiger partial charge in [-0.2, -0.15) is 8.78 Å². The number of nitrogens with zero attached hydrogens (tertiary/aromatic N) is 3. The highest BCUT2D eigenvalue weighted by Crippen LogP contribution is 2.26. The number of alkyl halides is 2. The molecule has 0 aliphatic heterocycles. The summed E-state index contributed by atoms with van der Waals surface area (Å²) in [5.74, 6) is 1.80. The van der Waals surface area contributed by atoms with Gasteiger partial charge in [-0.15, -0.1) is 0 Å². The Hall–Kier alpha value is -1.66. The fraction of sp³-hybridized carbons (Fsp3) is 0.765. The molecule has 0 saturated heterocycles. The van der Waals surface area contributed by atoms with Crippen molar-refractivity contribution in [3.05, 3.63) is 18.2 Å². The number of hydrogen-bond acceptors (Lipinski definition) is 2. The average Bonchev–Trinajstić information content (AvgIpc) is 3.06. The van der Waals surface area contributed by atoms with Crippen LogP contribution in [-0.4, -0.2) is 28.6 Å². The first kappa shape index (κ1) is 18.7. The SMILES string of the molecule is CCNC(=NCc1nccn1C(F)F)NCCCC1CCCCC1. The molecule has 0 aromatic carbocycles. The minimum Gasteiger partial charge on any atom is -0.357 e. The van der Waals surface area contributed by atoms with Crippen LogP contribution in [0.2, 0.25) is 0 Å². The standard InChI is InChI=1S/C17H29F2N5/c1-2-20-17(22-10-6-9-14-7-4-3-5-8-14)23-13-15-21-11-12-24(15)16(18)19/h11-12,14,16H,2-10,13H2,1H3,(H2,20,22,23). The smallest absolute Gasteiger partial charge is 0.319 e. The van der Waals surface area contributed by atoms with Crippen LogP contribution in [-0.2, 0) is 6.54 Å². The van der Waals surface area contributed by atoms with Gasteiger partial charge >= 0.3 is 6.55 Å². The van der Waals surface area contributed by atoms with Gasteiger partial charge in [-0.3, -0.25) is 4.57 Å². The second-order valence-corrected chi connectivity index (χ2v) is 6.30. The second-order valence-electron chi connectivity index (χ2n) is 6.30. The molecule has 0 radical (unpaired) electrons. The van der Waals surface area contributed by atoms with Gasteiger partial charge < -0.3 is 10.6 Å². The first-order valence-corrected chi connectivity index (χ1v) is 9.02. The van der Waals surface area contributed by atoms with Gasteiger partial charge in [0.1, 0.15) is 12.4 Å². The van der Waals surface area contributed by atoms with E-state index >= 15 is 0 Å². The number of guanidine groups is 1. The minimum atomic E-state index is -2.58. The van der Waals surface area contributed by atoms with Crippen LogP contribution >= 0.6 is 0 Å². The van der Waals surface area contributed by atoms with Crippen LogP contribution in [0.15, 0.2) is 17.4 Å². The molecule has 2 rings (SSSR count). The van der Waals surface area contributed by atoms with Crippen molar-refractivity contribution in [2.24, 2.45) is 10.9 Å². The van der Waals surface area contributed by atoms with Gasteiger partial charge in [0.2, 0.25) is 0 Å². The van der Waals surface area contributed by atoms with Crippen molar-refractivity contribution in [2.45, 2.75) is 65.0 Å². The van der Waals surface area contributed by atoms with E-state index in [1.807, 2.05) is 6.92 Å². The summed E-state index contributed by atoms with van der Waals surface area (Å²) in [6.45, 7) is 1.13. The Labute approximate surface area is 142 Å². The zero-order chi connectivity index (χ0) is 17.2. The molecule has 0 spiro atoms. The van der Waals surface area contributed by atoms with Crippen LogP contribution in [0.25, 0.3) is 0 Å². The molecule has 1 fully saturated rings. The largest absolute Gasteiger partial charge is 0.357 e. The van der Waals surface area contributed by atoms with E-state index in [0.717, 1.165) is 30.0 Å². The summed E-state index contributed by atoms with van der Waals surface area (Å²) in [4.78, 5) is 8.31. The monoisotopic (exact) mass is 341 g/mol. The Bertz CT molecular complexity index is 495. The van der Waals surface area contributed by atoms with E-state index in [0.29, 0.717) is 5.96 Å². The lowest BCUT2D eigenvalue weighted by molar-refractivity contribution is 0.0671. The first-order valence-electron chi connectivity index (χ1n) is 9.02. The first-order chi connectivity index (χ1) is 11.7. The molecule has 0 bridgehead atoms. The molecule has 0 atom stereocenters. The van der Waals surface area contributed by atoms with Gasteiger partial charge in [0, 0.05) is 25.5 Å². The lowest BCUT2D eigenvalue weighted by atomic mass is 9.86. The number of imidazole rings is 1. The number of nitrogens with one attached hydrogen (secondary N) is 2. The Balaban J connectivity index is 1.76. The van der Waals surface area contributed by atoms with Crippen molar-refractivity contribution in [3.63, 3.8) is 0 Å². The zero-order valence-electron chi connectivity index (χ0n) is 14.5. The summed E-state index contributed by atoms with van der Waals surface area (Å²) in [5.41, 5.74) is 0. The van der Waals surface area contributed by atoms with Gasteiger partial charge in [-0.25, -0.2) is 9.98 Å². The van der Waals surface area contributed by atoms with E-state index < -0.39 is 6.55 Å². The Morgan fingerprint density at radius 1 is 1.33 bits per heavy atom. The number of hydrogen-bond donors (Lipinski definition) is 2. The lowest BCUT2D eigenvalue weighted by Gasteiger charge is -2.21. The molecule has 7 heteroatoms. The molecule has 1 aromatic heterocycles. The van der Waals surface area contributed by atoms with Crippen LogP contribution in [0.5, 0.6) is 0 Å². The quantitative estimate of drug-likeness (QED) is 0.431. The van der Waals surface area contributed by atoms with E-state index in [9.17, 15) is 8.78 Å². The van der Waals surface area contributed by atoms with E-state index in [-0.39, 0.29) is 12.4 Å². The number of rotatable bonds is 8. The topological polar surface area (TPSA) is 54.2 Å². The van der Waals surface area contributed by atoms with Crippen molar-refractivity contribution in [2.75, 3.05) is 13.1 Å². The third-order valence-electron chi connectivity index (χ3n) is 4.49. The van der Waals surface area contributed by atoms with E-state index in [4.69, 9.17) is 0 Å². The summed E-state index contributed by atoms with van der Waals surface area (Å²) in [7, 11) is 0. The third kappa shape index (κ3) is 6.09. The summed E-state index contributed by atoms with van der Waals surface area (Å²) in [6, 6.07) is 0. The Morgan fingerprint density at radius 2 is 2.12 bits per heavy atom. The van der Waals surface area contributed by atoms with E-state index in [1.54, 1.807) is 0 Å². The summed E-state index contributed by atoms with van der Waals surface area (Å²) in [5, 5.41) is 6.43. The lowest BCUT2D eigenvalue weighted by Crippen LogP contribution is -2.38. The van der Waals surface area contributed by atoms with Gasteiger partial charge in [-0.1, -0.05) is 32.1 Å². The van der Waals surface area contributed by atoms with E-state index in [1.165, 1.54) is 50.9 Å². The van der Waals surface area contributed by atoms with Crippen LogP contribution in [0.1, 0.15) is 64.2 Å². The maximum Gasteiger partial charge on any atom is 0.319 e. The van der Waals surface area contributed by atoms with Crippen molar-refractivity contribution in [1.82, 2.24) is 20.2 Å². The summed E-state index contributed by atoms with van der Waals surface area (Å²) >= 11 is 0. The molecule has 1 heterocycles. The maximum atomic E-state index is 12.8. The molecular formula is C17H29F2N5. The van der Waals surface area contributed by atoms with Gasteiger partial charge in [0.05, 0.1) is 0 Å². The predicted octanol–water partition coefficient (Wildman–Crippen LogP) is 3.69. The van der Waals surface area contributed by atoms with Crippen molar-refractivity contribution in [3.8, 4) is 0 Å². The number of aliphatic imine (C=N–C) groups is 1. The van der Waals surface area contributed by atoms with Crippen molar-refractivity contribution < 1.29 is 8.78 Å². The molecule has 0 unspecified atom stereocenters. The molecule has 5 nitrogen and oxygen atoms in total. The predicted molar refractivity (Wildman–Crippen MR) is 92.1 cm³/mol. The van der Waals surface area contributed by atoms with Crippen molar-refractivity contribution in [1.29, 1.82) is 0 Å². The molecule has 1 saturated carbocycles. The van der Waals surface area contributed by atoms with E-state index in [2.05, 4.69) is 20.6 Å². The molecule has 136 valence electrons. The van der Waals surface area contributed by atoms with Gasteiger partial charge in [0.15, 0.2) is 5.96 Å². The third-order valence-corrected chi connectivity index (χ3v) is 4.49. The zero-order valence-corrected chi connectivity index (χ0v) is 14.5. The van der Waals surface area contributed by atoms with Crippen molar-refractivity contribution >= 4 is 5.96 Å². The molecule has 2 N–H and O–H groups in total. The molecule has 0 amide bonds. The maximum absolute atomic E-state index is 12.8. The molecule has 24 heavy (non-hydrogen) atoms. The van der Waals surface area contributed by atoms with Crippen LogP contribution in [0.3, 0.4) is 0 Å². The van der Waals surface area contributed by atoms with Crippen LogP contribution in [0.4, 0.5) is 8.78 Å². The number of halogens is 2. The highest BCUT2D eigenvalue weighted by Gasteiger charge is 2.13. The Morgan fingerprint density at radius 3 is 2.83 bits per heavy atom. The van der Waals surface area contributed by atoms with Crippen LogP contribution in [0, 0.1) is 5.92 Å². The highest BCUT2D eigenvalue weighted by atomic mass is 19.3. The van der Waals surface area contributed by atoms with Gasteiger partial charge in [0.25, 0.3) is 0 Å². The fourth-order valence-corrected chi connectivity index (χ4v) is 3.21. The average molecular weight is 341 g/mol. The second kappa shape index (κ2) is 10.3. The van der Waals surface area contributed by atoms with Gasteiger partial charge in [-0.05, 0) is 25.7 Å². The summed E-state index contributed by atoms with van der Waals surface area (Å²) in [6.07, 6.45) is 11.9. The number of aromatic nitrogens is 2. The molecule has 1 aliphatic rings. The normalized spacial score (nSPS) is 16.6. The fourth-order valence-electron chi connectivity index (χ4n) is 3.21. The minimum absolute atomic E-state index is 0.134. The van der Waals surface area contributed by atoms with Crippen LogP contribution < -0.4 is 10.6 Å². The molecule has 1 aromatic rings. The molecule has 1 aliphatic carbocycles. The Kier molecular flexibility index (Phi) is 7.98. The summed E-state index contributed by atoms with van der Waals surface area (Å²) < 4.78 is 26.4.